The van der Waals surface area contributed by atoms with Crippen LogP contribution in [0.5, 0.6) is 0 Å². The zero-order valence-corrected chi connectivity index (χ0v) is 11.7. The van der Waals surface area contributed by atoms with E-state index < -0.39 is 5.97 Å². The van der Waals surface area contributed by atoms with E-state index in [2.05, 4.69) is 15.2 Å². The largest absolute Gasteiger partial charge is 0.481 e. The lowest BCUT2D eigenvalue weighted by Crippen LogP contribution is -2.23. The second kappa shape index (κ2) is 5.66. The summed E-state index contributed by atoms with van der Waals surface area (Å²) in [6.45, 7) is 5.36. The third kappa shape index (κ3) is 3.51. The second-order valence-electron chi connectivity index (χ2n) is 4.94. The molecule has 1 aliphatic rings. The Morgan fingerprint density at radius 1 is 1.58 bits per heavy atom. The van der Waals surface area contributed by atoms with E-state index in [0.717, 1.165) is 12.2 Å². The maximum atomic E-state index is 11.0. The topological polar surface area (TPSA) is 82.5 Å². The molecule has 2 atom stereocenters. The highest BCUT2D eigenvalue weighted by molar-refractivity contribution is 7.13. The standard InChI is InChI=1S/C12H17N3O3S/c1-7-3-15(5-10(7)11(17)18)4-9-6-19-12(14-9)13-8(2)16/h6-7,10H,3-5H2,1-2H3,(H,17,18)(H,13,14,16)/t7-,10-/m1/s1. The molecule has 2 N–H and O–H groups in total. The third-order valence-corrected chi connectivity index (χ3v) is 4.03. The molecule has 1 aliphatic heterocycles. The number of aliphatic carboxylic acids is 1. The number of carboxylic acids is 1. The Hall–Kier alpha value is -1.47. The predicted molar refractivity (Wildman–Crippen MR) is 72.0 cm³/mol. The lowest BCUT2D eigenvalue weighted by Gasteiger charge is -2.12. The van der Waals surface area contributed by atoms with Gasteiger partial charge in [-0.05, 0) is 5.92 Å². The average Bonchev–Trinajstić information content (AvgIpc) is 2.85. The molecule has 0 saturated carbocycles. The Labute approximate surface area is 115 Å². The van der Waals surface area contributed by atoms with E-state index in [0.29, 0.717) is 18.2 Å². The van der Waals surface area contributed by atoms with Gasteiger partial charge in [0, 0.05) is 31.9 Å². The monoisotopic (exact) mass is 283 g/mol. The molecule has 0 unspecified atom stereocenters. The van der Waals surface area contributed by atoms with Crippen LogP contribution in [0.15, 0.2) is 5.38 Å². The molecule has 104 valence electrons. The predicted octanol–water partition coefficient (Wildman–Crippen LogP) is 1.25. The highest BCUT2D eigenvalue weighted by Gasteiger charge is 2.34. The molecule has 1 saturated heterocycles. The molecule has 7 heteroatoms. The lowest BCUT2D eigenvalue weighted by molar-refractivity contribution is -0.142. The van der Waals surface area contributed by atoms with Crippen molar-refractivity contribution in [2.75, 3.05) is 18.4 Å². The van der Waals surface area contributed by atoms with E-state index in [9.17, 15) is 9.59 Å². The summed E-state index contributed by atoms with van der Waals surface area (Å²) < 4.78 is 0. The Bertz CT molecular complexity index is 488. The summed E-state index contributed by atoms with van der Waals surface area (Å²) in [5.74, 6) is -1.01. The molecular weight excluding hydrogens is 266 g/mol. The molecule has 0 radical (unpaired) electrons. The molecule has 0 aromatic carbocycles. The first-order valence-corrected chi connectivity index (χ1v) is 7.01. The van der Waals surface area contributed by atoms with Gasteiger partial charge in [-0.3, -0.25) is 14.5 Å². The van der Waals surface area contributed by atoms with Crippen LogP contribution in [0.2, 0.25) is 0 Å². The number of likely N-dealkylation sites (tertiary alicyclic amines) is 1. The fourth-order valence-electron chi connectivity index (χ4n) is 2.33. The van der Waals surface area contributed by atoms with E-state index in [1.807, 2.05) is 12.3 Å². The average molecular weight is 283 g/mol. The van der Waals surface area contributed by atoms with Gasteiger partial charge in [0.1, 0.15) is 0 Å². The Morgan fingerprint density at radius 2 is 2.32 bits per heavy atom. The minimum absolute atomic E-state index is 0.137. The van der Waals surface area contributed by atoms with Crippen molar-refractivity contribution >= 4 is 28.3 Å². The molecule has 1 fully saturated rings. The fourth-order valence-corrected chi connectivity index (χ4v) is 3.08. The number of carbonyl (C=O) groups excluding carboxylic acids is 1. The van der Waals surface area contributed by atoms with Gasteiger partial charge in [0.05, 0.1) is 11.6 Å². The number of rotatable bonds is 4. The van der Waals surface area contributed by atoms with Gasteiger partial charge in [0.25, 0.3) is 0 Å². The molecule has 0 bridgehead atoms. The van der Waals surface area contributed by atoms with Crippen LogP contribution in [0.25, 0.3) is 0 Å². The number of hydrogen-bond donors (Lipinski definition) is 2. The Morgan fingerprint density at radius 3 is 2.89 bits per heavy atom. The smallest absolute Gasteiger partial charge is 0.308 e. The molecule has 0 aliphatic carbocycles. The minimum Gasteiger partial charge on any atom is -0.481 e. The van der Waals surface area contributed by atoms with Crippen molar-refractivity contribution in [3.8, 4) is 0 Å². The van der Waals surface area contributed by atoms with Crippen LogP contribution >= 0.6 is 11.3 Å². The van der Waals surface area contributed by atoms with E-state index in [1.165, 1.54) is 18.3 Å². The minimum atomic E-state index is -0.729. The van der Waals surface area contributed by atoms with Gasteiger partial charge in [-0.2, -0.15) is 0 Å². The Balaban J connectivity index is 1.93. The van der Waals surface area contributed by atoms with E-state index in [-0.39, 0.29) is 17.7 Å². The number of amides is 1. The number of carboxylic acid groups (broad SMARTS) is 1. The van der Waals surface area contributed by atoms with Gasteiger partial charge in [0.2, 0.25) is 5.91 Å². The molecule has 19 heavy (non-hydrogen) atoms. The summed E-state index contributed by atoms with van der Waals surface area (Å²) in [5.41, 5.74) is 0.868. The first-order chi connectivity index (χ1) is 8.95. The molecule has 1 aromatic heterocycles. The van der Waals surface area contributed by atoms with E-state index in [4.69, 9.17) is 5.11 Å². The zero-order chi connectivity index (χ0) is 14.0. The second-order valence-corrected chi connectivity index (χ2v) is 5.80. The van der Waals surface area contributed by atoms with Crippen molar-refractivity contribution in [3.05, 3.63) is 11.1 Å². The van der Waals surface area contributed by atoms with Crippen molar-refractivity contribution in [1.29, 1.82) is 0 Å². The maximum Gasteiger partial charge on any atom is 0.308 e. The fraction of sp³-hybridized carbons (Fsp3) is 0.583. The number of thiazole rings is 1. The summed E-state index contributed by atoms with van der Waals surface area (Å²) >= 11 is 1.38. The molecule has 1 amide bonds. The number of nitrogens with one attached hydrogen (secondary N) is 1. The summed E-state index contributed by atoms with van der Waals surface area (Å²) in [5, 5.41) is 14.2. The van der Waals surface area contributed by atoms with Crippen LogP contribution in [0.1, 0.15) is 19.5 Å². The van der Waals surface area contributed by atoms with E-state index >= 15 is 0 Å². The SMILES string of the molecule is CC(=O)Nc1nc(CN2C[C@@H](C)[C@H](C(=O)O)C2)cs1. The van der Waals surface area contributed by atoms with Crippen molar-refractivity contribution in [3.63, 3.8) is 0 Å². The van der Waals surface area contributed by atoms with Gasteiger partial charge < -0.3 is 10.4 Å². The first kappa shape index (κ1) is 14.0. The lowest BCUT2D eigenvalue weighted by atomic mass is 9.99. The number of aromatic nitrogens is 1. The molecule has 6 nitrogen and oxygen atoms in total. The highest BCUT2D eigenvalue weighted by Crippen LogP contribution is 2.25. The van der Waals surface area contributed by atoms with Crippen molar-refractivity contribution in [2.45, 2.75) is 20.4 Å². The van der Waals surface area contributed by atoms with Crippen molar-refractivity contribution in [1.82, 2.24) is 9.88 Å². The summed E-state index contributed by atoms with van der Waals surface area (Å²) in [4.78, 5) is 28.4. The van der Waals surface area contributed by atoms with Crippen LogP contribution in [0.4, 0.5) is 5.13 Å². The van der Waals surface area contributed by atoms with E-state index in [1.54, 1.807) is 0 Å². The third-order valence-electron chi connectivity index (χ3n) is 3.23. The number of carbonyl (C=O) groups is 2. The van der Waals surface area contributed by atoms with Gasteiger partial charge >= 0.3 is 5.97 Å². The maximum absolute atomic E-state index is 11.0. The van der Waals surface area contributed by atoms with Crippen molar-refractivity contribution in [2.24, 2.45) is 11.8 Å². The quantitative estimate of drug-likeness (QED) is 0.869. The molecule has 0 spiro atoms. The number of hydrogen-bond acceptors (Lipinski definition) is 5. The van der Waals surface area contributed by atoms with Gasteiger partial charge in [-0.1, -0.05) is 6.92 Å². The summed E-state index contributed by atoms with van der Waals surface area (Å²) in [6, 6.07) is 0. The Kier molecular flexibility index (Phi) is 4.16. The van der Waals surface area contributed by atoms with Crippen LogP contribution < -0.4 is 5.32 Å². The van der Waals surface area contributed by atoms with Crippen LogP contribution in [0, 0.1) is 11.8 Å². The number of anilines is 1. The summed E-state index contributed by atoms with van der Waals surface area (Å²) in [7, 11) is 0. The van der Waals surface area contributed by atoms with Gasteiger partial charge in [0.15, 0.2) is 5.13 Å². The van der Waals surface area contributed by atoms with Crippen molar-refractivity contribution < 1.29 is 14.7 Å². The molecular formula is C12H17N3O3S. The first-order valence-electron chi connectivity index (χ1n) is 6.13. The zero-order valence-electron chi connectivity index (χ0n) is 10.9. The molecule has 1 aromatic rings. The normalized spacial score (nSPS) is 23.5. The van der Waals surface area contributed by atoms with Gasteiger partial charge in [-0.15, -0.1) is 11.3 Å². The molecule has 2 heterocycles. The van der Waals surface area contributed by atoms with Crippen LogP contribution in [-0.2, 0) is 16.1 Å². The highest BCUT2D eigenvalue weighted by atomic mass is 32.1. The molecule has 2 rings (SSSR count). The van der Waals surface area contributed by atoms with Crippen LogP contribution in [-0.4, -0.2) is 40.0 Å². The van der Waals surface area contributed by atoms with Crippen LogP contribution in [0.3, 0.4) is 0 Å². The number of nitrogens with zero attached hydrogens (tertiary/aromatic N) is 2. The van der Waals surface area contributed by atoms with Gasteiger partial charge in [-0.25, -0.2) is 4.98 Å². The summed E-state index contributed by atoms with van der Waals surface area (Å²) in [6.07, 6.45) is 0.